The molecule has 0 radical (unpaired) electrons. The van der Waals surface area contributed by atoms with Gasteiger partial charge in [0, 0.05) is 5.56 Å². The second kappa shape index (κ2) is 4.15. The van der Waals surface area contributed by atoms with Gasteiger partial charge in [-0.1, -0.05) is 13.8 Å². The lowest BCUT2D eigenvalue weighted by atomic mass is 10.0. The molecule has 1 heterocycles. The predicted octanol–water partition coefficient (Wildman–Crippen LogP) is 2.33. The maximum atomic E-state index is 12.5. The number of carboxylic acid groups (broad SMARTS) is 1. The highest BCUT2D eigenvalue weighted by Crippen LogP contribution is 2.32. The lowest BCUT2D eigenvalue weighted by Gasteiger charge is -2.09. The molecule has 7 heteroatoms. The first-order chi connectivity index (χ1) is 7.23. The van der Waals surface area contributed by atoms with Crippen LogP contribution in [-0.2, 0) is 12.6 Å². The number of nitrogens with zero attached hydrogens (tertiary/aromatic N) is 1. The van der Waals surface area contributed by atoms with Crippen molar-refractivity contribution < 1.29 is 23.1 Å². The first kappa shape index (κ1) is 12.5. The molecule has 1 aromatic rings. The standard InChI is InChI=1S/C9H11F3N2O2/c1-4(2)3-5-6(8(15)16)13-14-7(5)9(10,11)12/h4H,3H2,1-2H3,(H,13,14)(H,15,16). The third-order valence-corrected chi connectivity index (χ3v) is 1.97. The van der Waals surface area contributed by atoms with Crippen LogP contribution in [0.5, 0.6) is 0 Å². The summed E-state index contributed by atoms with van der Waals surface area (Å²) in [6, 6.07) is 0. The third kappa shape index (κ3) is 2.53. The van der Waals surface area contributed by atoms with E-state index in [2.05, 4.69) is 5.10 Å². The maximum absolute atomic E-state index is 12.5. The van der Waals surface area contributed by atoms with Crippen LogP contribution < -0.4 is 0 Å². The molecule has 0 saturated heterocycles. The first-order valence-corrected chi connectivity index (χ1v) is 4.61. The molecule has 0 bridgehead atoms. The van der Waals surface area contributed by atoms with Gasteiger partial charge in [0.2, 0.25) is 0 Å². The molecule has 0 aromatic carbocycles. The lowest BCUT2D eigenvalue weighted by Crippen LogP contribution is -2.12. The molecule has 0 aliphatic heterocycles. The number of alkyl halides is 3. The topological polar surface area (TPSA) is 66.0 Å². The molecule has 0 amide bonds. The van der Waals surface area contributed by atoms with E-state index >= 15 is 0 Å². The fourth-order valence-corrected chi connectivity index (χ4v) is 1.38. The normalized spacial score (nSPS) is 12.1. The minimum Gasteiger partial charge on any atom is -0.476 e. The summed E-state index contributed by atoms with van der Waals surface area (Å²) in [5, 5.41) is 13.6. The number of H-pyrrole nitrogens is 1. The second-order valence-corrected chi connectivity index (χ2v) is 3.83. The lowest BCUT2D eigenvalue weighted by molar-refractivity contribution is -0.141. The highest BCUT2D eigenvalue weighted by molar-refractivity contribution is 5.87. The van der Waals surface area contributed by atoms with Gasteiger partial charge in [-0.05, 0) is 12.3 Å². The molecular formula is C9H11F3N2O2. The number of aromatic nitrogens is 2. The molecule has 90 valence electrons. The summed E-state index contributed by atoms with van der Waals surface area (Å²) in [6.45, 7) is 3.41. The number of aromatic amines is 1. The fourth-order valence-electron chi connectivity index (χ4n) is 1.38. The minimum atomic E-state index is -4.61. The fraction of sp³-hybridized carbons (Fsp3) is 0.556. The van der Waals surface area contributed by atoms with Gasteiger partial charge in [-0.25, -0.2) is 4.79 Å². The van der Waals surface area contributed by atoms with Crippen LogP contribution in [0.15, 0.2) is 0 Å². The van der Waals surface area contributed by atoms with Crippen LogP contribution in [0.25, 0.3) is 0 Å². The van der Waals surface area contributed by atoms with Crippen molar-refractivity contribution in [1.82, 2.24) is 10.2 Å². The molecule has 0 fully saturated rings. The summed E-state index contributed by atoms with van der Waals surface area (Å²) < 4.78 is 37.5. The molecule has 2 N–H and O–H groups in total. The van der Waals surface area contributed by atoms with Crippen LogP contribution in [0.4, 0.5) is 13.2 Å². The molecule has 4 nitrogen and oxygen atoms in total. The number of hydrogen-bond donors (Lipinski definition) is 2. The van der Waals surface area contributed by atoms with Gasteiger partial charge in [-0.3, -0.25) is 5.10 Å². The van der Waals surface area contributed by atoms with Gasteiger partial charge < -0.3 is 5.11 Å². The smallest absolute Gasteiger partial charge is 0.433 e. The van der Waals surface area contributed by atoms with Gasteiger partial charge in [-0.2, -0.15) is 18.3 Å². The van der Waals surface area contributed by atoms with Crippen molar-refractivity contribution in [3.05, 3.63) is 17.0 Å². The Morgan fingerprint density at radius 3 is 2.44 bits per heavy atom. The van der Waals surface area contributed by atoms with Crippen LogP contribution in [0.1, 0.15) is 35.6 Å². The van der Waals surface area contributed by atoms with Crippen LogP contribution in [0, 0.1) is 5.92 Å². The van der Waals surface area contributed by atoms with Crippen LogP contribution in [0.2, 0.25) is 0 Å². The van der Waals surface area contributed by atoms with Crippen LogP contribution in [0.3, 0.4) is 0 Å². The highest BCUT2D eigenvalue weighted by Gasteiger charge is 2.38. The van der Waals surface area contributed by atoms with Gasteiger partial charge in [0.05, 0.1) is 0 Å². The average molecular weight is 236 g/mol. The van der Waals surface area contributed by atoms with E-state index in [9.17, 15) is 18.0 Å². The summed E-state index contributed by atoms with van der Waals surface area (Å²) in [5.41, 5.74) is -1.91. The maximum Gasteiger partial charge on any atom is 0.433 e. The molecule has 1 aromatic heterocycles. The number of halogens is 3. The largest absolute Gasteiger partial charge is 0.476 e. The van der Waals surface area contributed by atoms with E-state index in [1.165, 1.54) is 0 Å². The van der Waals surface area contributed by atoms with Gasteiger partial charge in [0.15, 0.2) is 5.69 Å². The van der Waals surface area contributed by atoms with E-state index in [4.69, 9.17) is 5.11 Å². The molecular weight excluding hydrogens is 225 g/mol. The molecule has 16 heavy (non-hydrogen) atoms. The summed E-state index contributed by atoms with van der Waals surface area (Å²) in [6.07, 6.45) is -4.59. The molecule has 1 rings (SSSR count). The quantitative estimate of drug-likeness (QED) is 0.846. The Hall–Kier alpha value is -1.53. The number of carboxylic acids is 1. The van der Waals surface area contributed by atoms with E-state index in [0.29, 0.717) is 0 Å². The Labute approximate surface area is 89.5 Å². The van der Waals surface area contributed by atoms with Crippen molar-refractivity contribution in [1.29, 1.82) is 0 Å². The summed E-state index contributed by atoms with van der Waals surface area (Å²) in [7, 11) is 0. The van der Waals surface area contributed by atoms with Crippen molar-refractivity contribution in [2.45, 2.75) is 26.4 Å². The van der Waals surface area contributed by atoms with E-state index in [-0.39, 0.29) is 17.9 Å². The number of carbonyl (C=O) groups is 1. The predicted molar refractivity (Wildman–Crippen MR) is 49.1 cm³/mol. The van der Waals surface area contributed by atoms with Crippen molar-refractivity contribution >= 4 is 5.97 Å². The zero-order chi connectivity index (χ0) is 12.5. The minimum absolute atomic E-state index is 0.0208. The second-order valence-electron chi connectivity index (χ2n) is 3.83. The summed E-state index contributed by atoms with van der Waals surface area (Å²) in [5.74, 6) is -1.54. The van der Waals surface area contributed by atoms with Crippen LogP contribution >= 0.6 is 0 Å². The monoisotopic (exact) mass is 236 g/mol. The van der Waals surface area contributed by atoms with Gasteiger partial charge in [0.1, 0.15) is 5.69 Å². The third-order valence-electron chi connectivity index (χ3n) is 1.97. The Bertz CT molecular complexity index is 396. The van der Waals surface area contributed by atoms with E-state index in [1.807, 2.05) is 0 Å². The zero-order valence-corrected chi connectivity index (χ0v) is 8.72. The number of nitrogens with one attached hydrogen (secondary N) is 1. The van der Waals surface area contributed by atoms with E-state index in [0.717, 1.165) is 0 Å². The van der Waals surface area contributed by atoms with E-state index < -0.39 is 23.5 Å². The van der Waals surface area contributed by atoms with Gasteiger partial charge in [0.25, 0.3) is 0 Å². The van der Waals surface area contributed by atoms with Crippen molar-refractivity contribution in [2.24, 2.45) is 5.92 Å². The summed E-state index contributed by atoms with van der Waals surface area (Å²) >= 11 is 0. The van der Waals surface area contributed by atoms with Crippen LogP contribution in [-0.4, -0.2) is 21.3 Å². The number of aromatic carboxylic acids is 1. The molecule has 0 aliphatic rings. The van der Waals surface area contributed by atoms with Gasteiger partial charge in [-0.15, -0.1) is 0 Å². The first-order valence-electron chi connectivity index (χ1n) is 4.61. The number of rotatable bonds is 3. The molecule has 0 spiro atoms. The van der Waals surface area contributed by atoms with Crippen molar-refractivity contribution in [2.75, 3.05) is 0 Å². The summed E-state index contributed by atoms with van der Waals surface area (Å²) in [4.78, 5) is 10.7. The molecule has 0 unspecified atom stereocenters. The number of hydrogen-bond acceptors (Lipinski definition) is 2. The Morgan fingerprint density at radius 1 is 1.50 bits per heavy atom. The highest BCUT2D eigenvalue weighted by atomic mass is 19.4. The SMILES string of the molecule is CC(C)Cc1c(C(=O)O)n[nH]c1C(F)(F)F. The molecule has 0 saturated carbocycles. The zero-order valence-electron chi connectivity index (χ0n) is 8.72. The molecule has 0 aliphatic carbocycles. The van der Waals surface area contributed by atoms with Gasteiger partial charge >= 0.3 is 12.1 Å². The molecule has 0 atom stereocenters. The Kier molecular flexibility index (Phi) is 3.25. The Balaban J connectivity index is 3.25. The van der Waals surface area contributed by atoms with Crippen molar-refractivity contribution in [3.8, 4) is 0 Å². The van der Waals surface area contributed by atoms with E-state index in [1.54, 1.807) is 18.9 Å². The van der Waals surface area contributed by atoms with Crippen molar-refractivity contribution in [3.63, 3.8) is 0 Å². The Morgan fingerprint density at radius 2 is 2.06 bits per heavy atom. The average Bonchev–Trinajstić information content (AvgIpc) is 2.45.